The van der Waals surface area contributed by atoms with Gasteiger partial charge in [-0.2, -0.15) is 5.10 Å². The van der Waals surface area contributed by atoms with Gasteiger partial charge in [-0.1, -0.05) is 6.92 Å². The Kier molecular flexibility index (Phi) is 3.41. The van der Waals surface area contributed by atoms with Crippen LogP contribution in [0.1, 0.15) is 29.2 Å². The zero-order chi connectivity index (χ0) is 11.5. The zero-order valence-corrected chi connectivity index (χ0v) is 10.4. The summed E-state index contributed by atoms with van der Waals surface area (Å²) in [5.41, 5.74) is 2.18. The molecule has 0 saturated carbocycles. The fourth-order valence-electron chi connectivity index (χ4n) is 1.79. The Morgan fingerprint density at radius 3 is 2.94 bits per heavy atom. The lowest BCUT2D eigenvalue weighted by Gasteiger charge is -2.09. The molecular weight excluding hydrogens is 220 g/mol. The van der Waals surface area contributed by atoms with Crippen LogP contribution in [0.2, 0.25) is 0 Å². The van der Waals surface area contributed by atoms with Crippen molar-refractivity contribution in [2.24, 2.45) is 7.05 Å². The Balaban J connectivity index is 2.11. The fraction of sp³-hybridized carbons (Fsp3) is 0.417. The summed E-state index contributed by atoms with van der Waals surface area (Å²) >= 11 is 1.62. The first-order valence-corrected chi connectivity index (χ1v) is 6.31. The summed E-state index contributed by atoms with van der Waals surface area (Å²) in [6, 6.07) is 4.03. The molecular formula is C12H16N2OS. The molecule has 2 rings (SSSR count). The number of nitrogens with zero attached hydrogens (tertiary/aromatic N) is 2. The topological polar surface area (TPSA) is 38.0 Å². The predicted molar refractivity (Wildman–Crippen MR) is 65.6 cm³/mol. The third-order valence-corrected chi connectivity index (χ3v) is 3.70. The molecule has 86 valence electrons. The highest BCUT2D eigenvalue weighted by Crippen LogP contribution is 2.27. The van der Waals surface area contributed by atoms with Crippen LogP contribution in [0, 0.1) is 0 Å². The minimum atomic E-state index is -0.426. The largest absolute Gasteiger partial charge is 0.387 e. The number of hydrogen-bond acceptors (Lipinski definition) is 3. The van der Waals surface area contributed by atoms with E-state index < -0.39 is 6.10 Å². The zero-order valence-electron chi connectivity index (χ0n) is 9.55. The minimum absolute atomic E-state index is 0.426. The number of aliphatic hydroxyl groups excluding tert-OH is 1. The van der Waals surface area contributed by atoms with Crippen LogP contribution in [-0.4, -0.2) is 14.9 Å². The van der Waals surface area contributed by atoms with E-state index in [0.717, 1.165) is 17.0 Å². The van der Waals surface area contributed by atoms with Crippen molar-refractivity contribution in [1.29, 1.82) is 0 Å². The summed E-state index contributed by atoms with van der Waals surface area (Å²) in [5.74, 6) is 0. The maximum atomic E-state index is 10.1. The maximum absolute atomic E-state index is 10.1. The predicted octanol–water partition coefficient (Wildman–Crippen LogP) is 2.32. The van der Waals surface area contributed by atoms with E-state index in [2.05, 4.69) is 18.1 Å². The van der Waals surface area contributed by atoms with Crippen molar-refractivity contribution in [2.45, 2.75) is 25.9 Å². The highest BCUT2D eigenvalue weighted by atomic mass is 32.1. The lowest BCUT2D eigenvalue weighted by atomic mass is 10.1. The normalized spacial score (nSPS) is 12.9. The Morgan fingerprint density at radius 2 is 2.31 bits per heavy atom. The molecule has 1 atom stereocenters. The second-order valence-electron chi connectivity index (χ2n) is 3.86. The third kappa shape index (κ3) is 2.33. The monoisotopic (exact) mass is 236 g/mol. The van der Waals surface area contributed by atoms with Crippen LogP contribution in [0.15, 0.2) is 23.7 Å². The van der Waals surface area contributed by atoms with Gasteiger partial charge < -0.3 is 5.11 Å². The molecule has 2 aromatic heterocycles. The van der Waals surface area contributed by atoms with Crippen LogP contribution >= 0.6 is 11.3 Å². The highest BCUT2D eigenvalue weighted by Gasteiger charge is 2.14. The molecule has 1 unspecified atom stereocenters. The minimum Gasteiger partial charge on any atom is -0.387 e. The van der Waals surface area contributed by atoms with Gasteiger partial charge in [0.25, 0.3) is 0 Å². The molecule has 0 aliphatic carbocycles. The van der Waals surface area contributed by atoms with E-state index in [-0.39, 0.29) is 0 Å². The van der Waals surface area contributed by atoms with Crippen molar-refractivity contribution in [3.8, 4) is 0 Å². The summed E-state index contributed by atoms with van der Waals surface area (Å²) in [6.07, 6.45) is 3.04. The SMILES string of the molecule is CCc1ccsc1C(O)Cc1ccn(C)n1. The van der Waals surface area contributed by atoms with Crippen molar-refractivity contribution in [3.05, 3.63) is 39.8 Å². The van der Waals surface area contributed by atoms with Gasteiger partial charge in [0, 0.05) is 24.5 Å². The van der Waals surface area contributed by atoms with Crippen LogP contribution in [0.4, 0.5) is 0 Å². The Morgan fingerprint density at radius 1 is 1.50 bits per heavy atom. The summed E-state index contributed by atoms with van der Waals surface area (Å²) in [6.45, 7) is 2.11. The summed E-state index contributed by atoms with van der Waals surface area (Å²) < 4.78 is 1.76. The van der Waals surface area contributed by atoms with E-state index in [1.54, 1.807) is 16.0 Å². The molecule has 2 heterocycles. The molecule has 0 saturated heterocycles. The Labute approximate surface area is 99.4 Å². The number of rotatable bonds is 4. The van der Waals surface area contributed by atoms with Crippen molar-refractivity contribution in [3.63, 3.8) is 0 Å². The quantitative estimate of drug-likeness (QED) is 0.884. The van der Waals surface area contributed by atoms with Gasteiger partial charge in [-0.3, -0.25) is 4.68 Å². The first-order valence-electron chi connectivity index (χ1n) is 5.43. The Hall–Kier alpha value is -1.13. The summed E-state index contributed by atoms with van der Waals surface area (Å²) in [5, 5.41) is 16.5. The smallest absolute Gasteiger partial charge is 0.0940 e. The fourth-order valence-corrected chi connectivity index (χ4v) is 2.78. The highest BCUT2D eigenvalue weighted by molar-refractivity contribution is 7.10. The first-order chi connectivity index (χ1) is 7.70. The molecule has 1 N–H and O–H groups in total. The Bertz CT molecular complexity index is 461. The molecule has 0 spiro atoms. The number of thiophene rings is 1. The van der Waals surface area contributed by atoms with Gasteiger partial charge in [-0.05, 0) is 29.5 Å². The molecule has 3 nitrogen and oxygen atoms in total. The van der Waals surface area contributed by atoms with Gasteiger partial charge in [0.2, 0.25) is 0 Å². The molecule has 2 aromatic rings. The average Bonchev–Trinajstić information content (AvgIpc) is 2.86. The van der Waals surface area contributed by atoms with E-state index in [1.807, 2.05) is 24.7 Å². The standard InChI is InChI=1S/C12H16N2OS/c1-3-9-5-7-16-12(9)11(15)8-10-4-6-14(2)13-10/h4-7,11,15H,3,8H2,1-2H3. The van der Waals surface area contributed by atoms with E-state index in [1.165, 1.54) is 5.56 Å². The van der Waals surface area contributed by atoms with Crippen LogP contribution in [0.25, 0.3) is 0 Å². The molecule has 0 amide bonds. The second-order valence-corrected chi connectivity index (χ2v) is 4.81. The lowest BCUT2D eigenvalue weighted by molar-refractivity contribution is 0.180. The van der Waals surface area contributed by atoms with Gasteiger partial charge in [0.05, 0.1) is 11.8 Å². The van der Waals surface area contributed by atoms with E-state index >= 15 is 0 Å². The van der Waals surface area contributed by atoms with Crippen LogP contribution in [0.3, 0.4) is 0 Å². The molecule has 0 bridgehead atoms. The van der Waals surface area contributed by atoms with Gasteiger partial charge in [0.15, 0.2) is 0 Å². The van der Waals surface area contributed by atoms with Gasteiger partial charge in [-0.15, -0.1) is 11.3 Å². The molecule has 0 fully saturated rings. The molecule has 4 heteroatoms. The van der Waals surface area contributed by atoms with E-state index in [9.17, 15) is 5.11 Å². The van der Waals surface area contributed by atoms with E-state index in [4.69, 9.17) is 0 Å². The van der Waals surface area contributed by atoms with Crippen LogP contribution < -0.4 is 0 Å². The number of hydrogen-bond donors (Lipinski definition) is 1. The van der Waals surface area contributed by atoms with Crippen molar-refractivity contribution in [1.82, 2.24) is 9.78 Å². The molecule has 0 aromatic carbocycles. The van der Waals surface area contributed by atoms with Crippen LogP contribution in [0.5, 0.6) is 0 Å². The molecule has 0 aliphatic heterocycles. The molecule has 16 heavy (non-hydrogen) atoms. The summed E-state index contributed by atoms with van der Waals surface area (Å²) in [7, 11) is 1.89. The number of aryl methyl sites for hydroxylation is 2. The van der Waals surface area contributed by atoms with Crippen molar-refractivity contribution in [2.75, 3.05) is 0 Å². The maximum Gasteiger partial charge on any atom is 0.0940 e. The third-order valence-electron chi connectivity index (χ3n) is 2.64. The average molecular weight is 236 g/mol. The lowest BCUT2D eigenvalue weighted by Crippen LogP contribution is -2.03. The summed E-state index contributed by atoms with van der Waals surface area (Å²) in [4.78, 5) is 1.08. The van der Waals surface area contributed by atoms with Gasteiger partial charge in [-0.25, -0.2) is 0 Å². The second kappa shape index (κ2) is 4.80. The first kappa shape index (κ1) is 11.4. The number of aromatic nitrogens is 2. The van der Waals surface area contributed by atoms with Gasteiger partial charge >= 0.3 is 0 Å². The molecule has 0 radical (unpaired) electrons. The van der Waals surface area contributed by atoms with Crippen molar-refractivity contribution < 1.29 is 5.11 Å². The van der Waals surface area contributed by atoms with E-state index in [0.29, 0.717) is 6.42 Å². The number of aliphatic hydroxyl groups is 1. The van der Waals surface area contributed by atoms with Crippen LogP contribution in [-0.2, 0) is 19.9 Å². The molecule has 0 aliphatic rings. The van der Waals surface area contributed by atoms with Crippen molar-refractivity contribution >= 4 is 11.3 Å². The van der Waals surface area contributed by atoms with Gasteiger partial charge in [0.1, 0.15) is 0 Å².